The van der Waals surface area contributed by atoms with Crippen LogP contribution in [0.15, 0.2) is 173 Å². The molecule has 57 heavy (non-hydrogen) atoms. The van der Waals surface area contributed by atoms with E-state index in [0.29, 0.717) is 28.9 Å². The van der Waals surface area contributed by atoms with Crippen molar-refractivity contribution in [3.63, 3.8) is 0 Å². The van der Waals surface area contributed by atoms with Crippen LogP contribution in [0.2, 0.25) is 0 Å². The minimum Gasteiger partial charge on any atom is -0.456 e. The van der Waals surface area contributed by atoms with Gasteiger partial charge in [0.2, 0.25) is 0 Å². The third-order valence-corrected chi connectivity index (χ3v) is 11.7. The molecular weight excluding hydrogens is 723 g/mol. The maximum Gasteiger partial charge on any atom is 0.180 e. The van der Waals surface area contributed by atoms with Crippen LogP contribution in [0.4, 0.5) is 0 Å². The van der Waals surface area contributed by atoms with Crippen molar-refractivity contribution in [3.8, 4) is 56.8 Å². The molecule has 266 valence electrons. The van der Waals surface area contributed by atoms with Crippen molar-refractivity contribution < 1.29 is 8.83 Å². The van der Waals surface area contributed by atoms with Crippen LogP contribution in [-0.2, 0) is 0 Å². The third kappa shape index (κ3) is 5.08. The quantitative estimate of drug-likeness (QED) is 0.173. The van der Waals surface area contributed by atoms with E-state index in [0.717, 1.165) is 92.1 Å². The highest BCUT2D eigenvalue weighted by atomic mass is 32.1. The number of aromatic nitrogens is 5. The Kier molecular flexibility index (Phi) is 6.96. The molecule has 0 saturated carbocycles. The van der Waals surface area contributed by atoms with Gasteiger partial charge in [0, 0.05) is 64.1 Å². The third-order valence-electron chi connectivity index (χ3n) is 10.6. The average Bonchev–Trinajstić information content (AvgIpc) is 3.97. The molecule has 7 nitrogen and oxygen atoms in total. The summed E-state index contributed by atoms with van der Waals surface area (Å²) < 4.78 is 15.0. The largest absolute Gasteiger partial charge is 0.456 e. The fourth-order valence-electron chi connectivity index (χ4n) is 7.96. The number of rotatable bonds is 5. The van der Waals surface area contributed by atoms with Crippen LogP contribution in [0.5, 0.6) is 0 Å². The lowest BCUT2D eigenvalue weighted by molar-refractivity contribution is 0.667. The Labute approximate surface area is 328 Å². The van der Waals surface area contributed by atoms with Crippen molar-refractivity contribution in [2.24, 2.45) is 0 Å². The normalized spacial score (nSPS) is 11.9. The molecule has 12 aromatic rings. The van der Waals surface area contributed by atoms with Gasteiger partial charge < -0.3 is 8.83 Å². The molecular formula is C49H27N5O2S. The molecule has 0 spiro atoms. The minimum atomic E-state index is 0.586. The molecule has 0 aliphatic rings. The predicted octanol–water partition coefficient (Wildman–Crippen LogP) is 13.2. The standard InChI is InChI=1S/C49H27N5O2S/c1-3-13-28(14-4-1)46-50-43(45-44(51-46)32-18-8-10-22-37(32)56-45)30-25-26-33-40(27-30)57-39-24-12-20-35(42(33)39)49-53-47(29-15-5-2-6-16-29)52-48(54-49)34-19-11-23-38-41(34)31-17-7-9-21-36(31)55-38/h1-27H. The Hall–Kier alpha value is -7.55. The maximum atomic E-state index is 6.47. The first-order chi connectivity index (χ1) is 28.2. The lowest BCUT2D eigenvalue weighted by Gasteiger charge is -2.10. The summed E-state index contributed by atoms with van der Waals surface area (Å²) >= 11 is 1.74. The van der Waals surface area contributed by atoms with E-state index in [1.807, 2.05) is 109 Å². The molecule has 8 heteroatoms. The number of benzene rings is 7. The van der Waals surface area contributed by atoms with Gasteiger partial charge in [0.05, 0.1) is 0 Å². The molecule has 0 amide bonds. The van der Waals surface area contributed by atoms with Crippen molar-refractivity contribution in [3.05, 3.63) is 164 Å². The minimum absolute atomic E-state index is 0.586. The van der Waals surface area contributed by atoms with Gasteiger partial charge in [-0.2, -0.15) is 0 Å². The summed E-state index contributed by atoms with van der Waals surface area (Å²) in [6, 6.07) is 55.3. The zero-order valence-corrected chi connectivity index (χ0v) is 30.9. The second kappa shape index (κ2) is 12.5. The summed E-state index contributed by atoms with van der Waals surface area (Å²) in [6.45, 7) is 0. The van der Waals surface area contributed by atoms with E-state index in [9.17, 15) is 0 Å². The van der Waals surface area contributed by atoms with E-state index in [2.05, 4.69) is 54.6 Å². The molecule has 5 aromatic heterocycles. The molecule has 5 heterocycles. The maximum absolute atomic E-state index is 6.47. The van der Waals surface area contributed by atoms with Crippen LogP contribution in [-0.4, -0.2) is 24.9 Å². The van der Waals surface area contributed by atoms with Crippen molar-refractivity contribution in [2.45, 2.75) is 0 Å². The number of thiophene rings is 1. The fourth-order valence-corrected chi connectivity index (χ4v) is 9.13. The van der Waals surface area contributed by atoms with E-state index in [1.54, 1.807) is 11.3 Å². The summed E-state index contributed by atoms with van der Waals surface area (Å²) in [5.74, 6) is 2.45. The highest BCUT2D eigenvalue weighted by Crippen LogP contribution is 2.43. The topological polar surface area (TPSA) is 90.7 Å². The molecule has 12 rings (SSSR count). The van der Waals surface area contributed by atoms with E-state index in [1.165, 1.54) is 0 Å². The first-order valence-electron chi connectivity index (χ1n) is 18.7. The predicted molar refractivity (Wildman–Crippen MR) is 230 cm³/mol. The molecule has 0 bridgehead atoms. The van der Waals surface area contributed by atoms with Crippen LogP contribution >= 0.6 is 11.3 Å². The molecule has 0 radical (unpaired) electrons. The summed E-state index contributed by atoms with van der Waals surface area (Å²) in [6.07, 6.45) is 0. The molecule has 0 unspecified atom stereocenters. The number of hydrogen-bond donors (Lipinski definition) is 0. The summed E-state index contributed by atoms with van der Waals surface area (Å²) in [7, 11) is 0. The van der Waals surface area contributed by atoms with Crippen LogP contribution in [0.1, 0.15) is 0 Å². The molecule has 7 aromatic carbocycles. The lowest BCUT2D eigenvalue weighted by Crippen LogP contribution is -2.00. The average molecular weight is 750 g/mol. The zero-order valence-electron chi connectivity index (χ0n) is 30.0. The van der Waals surface area contributed by atoms with Crippen LogP contribution in [0, 0.1) is 0 Å². The van der Waals surface area contributed by atoms with E-state index < -0.39 is 0 Å². The van der Waals surface area contributed by atoms with Crippen molar-refractivity contribution >= 4 is 75.5 Å². The smallest absolute Gasteiger partial charge is 0.180 e. The van der Waals surface area contributed by atoms with E-state index in [4.69, 9.17) is 33.8 Å². The van der Waals surface area contributed by atoms with Crippen LogP contribution < -0.4 is 0 Å². The van der Waals surface area contributed by atoms with Gasteiger partial charge in [-0.15, -0.1) is 11.3 Å². The Balaban J connectivity index is 1.07. The number of para-hydroxylation sites is 2. The van der Waals surface area contributed by atoms with Crippen molar-refractivity contribution in [2.75, 3.05) is 0 Å². The Morgan fingerprint density at radius 2 is 0.965 bits per heavy atom. The fraction of sp³-hybridized carbons (Fsp3) is 0. The second-order valence-electron chi connectivity index (χ2n) is 14.0. The lowest BCUT2D eigenvalue weighted by atomic mass is 10.0. The molecule has 0 aliphatic carbocycles. The molecule has 0 fully saturated rings. The highest BCUT2D eigenvalue weighted by Gasteiger charge is 2.22. The van der Waals surface area contributed by atoms with Crippen LogP contribution in [0.25, 0.3) is 121 Å². The number of fused-ring (bicyclic) bond motifs is 9. The van der Waals surface area contributed by atoms with Gasteiger partial charge in [-0.05, 0) is 36.4 Å². The molecule has 0 atom stereocenters. The van der Waals surface area contributed by atoms with Gasteiger partial charge in [-0.1, -0.05) is 127 Å². The molecule has 0 aliphatic heterocycles. The Bertz CT molecular complexity index is 3540. The van der Waals surface area contributed by atoms with Gasteiger partial charge in [-0.25, -0.2) is 24.9 Å². The first kappa shape index (κ1) is 31.8. The number of nitrogens with zero attached hydrogens (tertiary/aromatic N) is 5. The van der Waals surface area contributed by atoms with Crippen molar-refractivity contribution in [1.82, 2.24) is 24.9 Å². The Morgan fingerprint density at radius 3 is 1.72 bits per heavy atom. The Morgan fingerprint density at radius 1 is 0.368 bits per heavy atom. The van der Waals surface area contributed by atoms with Gasteiger partial charge in [0.15, 0.2) is 28.9 Å². The van der Waals surface area contributed by atoms with E-state index in [-0.39, 0.29) is 0 Å². The zero-order chi connectivity index (χ0) is 37.5. The number of hydrogen-bond acceptors (Lipinski definition) is 8. The summed E-state index contributed by atoms with van der Waals surface area (Å²) in [4.78, 5) is 25.7. The SMILES string of the molecule is c1ccc(-c2nc(-c3cccc4oc5ccccc5c34)nc(-c3cccc4sc5cc(-c6nc(-c7ccccc7)nc7c6oc6ccccc67)ccc5c34)n2)cc1. The highest BCUT2D eigenvalue weighted by molar-refractivity contribution is 7.26. The summed E-state index contributed by atoms with van der Waals surface area (Å²) in [5.41, 5.74) is 9.26. The summed E-state index contributed by atoms with van der Waals surface area (Å²) in [5, 5.41) is 5.17. The van der Waals surface area contributed by atoms with Gasteiger partial charge in [-0.3, -0.25) is 0 Å². The van der Waals surface area contributed by atoms with Crippen molar-refractivity contribution in [1.29, 1.82) is 0 Å². The molecule has 0 N–H and O–H groups in total. The van der Waals surface area contributed by atoms with Gasteiger partial charge in [0.25, 0.3) is 0 Å². The van der Waals surface area contributed by atoms with Gasteiger partial charge in [0.1, 0.15) is 28.0 Å². The molecule has 0 saturated heterocycles. The van der Waals surface area contributed by atoms with Crippen LogP contribution in [0.3, 0.4) is 0 Å². The first-order valence-corrected chi connectivity index (χ1v) is 19.5. The van der Waals surface area contributed by atoms with Gasteiger partial charge >= 0.3 is 0 Å². The monoisotopic (exact) mass is 749 g/mol. The second-order valence-corrected chi connectivity index (χ2v) is 15.1. The van der Waals surface area contributed by atoms with E-state index >= 15 is 0 Å². The number of furan rings is 2.